The first-order valence-electron chi connectivity index (χ1n) is 10.1. The Kier molecular flexibility index (Phi) is 6.73. The molecule has 3 aromatic rings. The Balaban J connectivity index is 1.61. The lowest BCUT2D eigenvalue weighted by Crippen LogP contribution is -2.44. The van der Waals surface area contributed by atoms with Crippen LogP contribution in [0, 0.1) is 5.82 Å². The monoisotopic (exact) mass is 462 g/mol. The van der Waals surface area contributed by atoms with Gasteiger partial charge in [-0.3, -0.25) is 0 Å². The van der Waals surface area contributed by atoms with Crippen molar-refractivity contribution in [3.8, 4) is 22.8 Å². The van der Waals surface area contributed by atoms with Crippen LogP contribution in [0.1, 0.15) is 6.92 Å². The minimum absolute atomic E-state index is 0.0148. The molecule has 0 amide bonds. The van der Waals surface area contributed by atoms with Crippen LogP contribution >= 0.6 is 0 Å². The Morgan fingerprint density at radius 1 is 1.21 bits per heavy atom. The topological polar surface area (TPSA) is 94.5 Å². The smallest absolute Gasteiger partial charge is 0.387 e. The van der Waals surface area contributed by atoms with Gasteiger partial charge in [-0.25, -0.2) is 9.37 Å². The van der Waals surface area contributed by atoms with E-state index in [4.69, 9.17) is 9.47 Å². The Morgan fingerprint density at radius 3 is 2.70 bits per heavy atom. The number of anilines is 3. The number of nitrogens with zero attached hydrogens (tertiary/aromatic N) is 5. The molecule has 1 aromatic carbocycles. The molecule has 2 aromatic heterocycles. The molecule has 0 aliphatic carbocycles. The van der Waals surface area contributed by atoms with Crippen LogP contribution in [-0.2, 0) is 4.74 Å². The molecule has 0 saturated carbocycles. The molecule has 1 aliphatic heterocycles. The van der Waals surface area contributed by atoms with Crippen LogP contribution in [-0.4, -0.2) is 59.7 Å². The van der Waals surface area contributed by atoms with Gasteiger partial charge in [-0.15, -0.1) is 10.2 Å². The molecule has 174 valence electrons. The van der Waals surface area contributed by atoms with Crippen molar-refractivity contribution in [1.29, 1.82) is 0 Å². The van der Waals surface area contributed by atoms with Gasteiger partial charge in [0.1, 0.15) is 5.75 Å². The van der Waals surface area contributed by atoms with E-state index in [0.29, 0.717) is 36.8 Å². The maximum absolute atomic E-state index is 14.5. The number of aromatic nitrogens is 4. The molecule has 12 heteroatoms. The fraction of sp³-hybridized carbons (Fsp3) is 0.333. The Morgan fingerprint density at radius 2 is 2.00 bits per heavy atom. The molecule has 1 atom stereocenters. The summed E-state index contributed by atoms with van der Waals surface area (Å²) in [4.78, 5) is 10.3. The standard InChI is InChI=1S/C21H21F3N6O3/c1-12-11-32-8-7-30(12)21-25-10-16(22)18(27-21)26-17-9-15(19(31-2)29-28-17)13-3-5-14(6-4-13)33-20(23)24/h3-6,9-10,12,20H,7-8,11H2,1-2H3,(H,25,26,27,28). The van der Waals surface area contributed by atoms with E-state index >= 15 is 0 Å². The van der Waals surface area contributed by atoms with Gasteiger partial charge in [-0.05, 0) is 30.7 Å². The number of hydrogen-bond donors (Lipinski definition) is 1. The molecule has 0 spiro atoms. The molecule has 1 saturated heterocycles. The van der Waals surface area contributed by atoms with E-state index in [1.165, 1.54) is 19.2 Å². The molecule has 1 fully saturated rings. The molecule has 1 unspecified atom stereocenters. The molecule has 9 nitrogen and oxygen atoms in total. The highest BCUT2D eigenvalue weighted by Gasteiger charge is 2.23. The lowest BCUT2D eigenvalue weighted by Gasteiger charge is -2.33. The summed E-state index contributed by atoms with van der Waals surface area (Å²) >= 11 is 0. The van der Waals surface area contributed by atoms with Crippen LogP contribution < -0.4 is 19.7 Å². The highest BCUT2D eigenvalue weighted by molar-refractivity contribution is 5.72. The Labute approximate surface area is 187 Å². The predicted molar refractivity (Wildman–Crippen MR) is 114 cm³/mol. The van der Waals surface area contributed by atoms with Gasteiger partial charge in [0.2, 0.25) is 11.8 Å². The van der Waals surface area contributed by atoms with Crippen molar-refractivity contribution in [3.63, 3.8) is 0 Å². The van der Waals surface area contributed by atoms with Crippen LogP contribution in [0.25, 0.3) is 11.1 Å². The van der Waals surface area contributed by atoms with E-state index in [2.05, 4.69) is 30.2 Å². The quantitative estimate of drug-likeness (QED) is 0.565. The van der Waals surface area contributed by atoms with E-state index in [1.54, 1.807) is 18.2 Å². The summed E-state index contributed by atoms with van der Waals surface area (Å²) < 4.78 is 54.3. The number of rotatable bonds is 7. The van der Waals surface area contributed by atoms with Gasteiger partial charge in [-0.1, -0.05) is 12.1 Å². The van der Waals surface area contributed by atoms with Crippen molar-refractivity contribution < 1.29 is 27.4 Å². The van der Waals surface area contributed by atoms with Gasteiger partial charge < -0.3 is 24.4 Å². The molecule has 0 radical (unpaired) electrons. The number of morpholine rings is 1. The summed E-state index contributed by atoms with van der Waals surface area (Å²) in [6.07, 6.45) is 1.09. The summed E-state index contributed by atoms with van der Waals surface area (Å²) in [5, 5.41) is 10.9. The number of methoxy groups -OCH3 is 1. The van der Waals surface area contributed by atoms with E-state index in [-0.39, 0.29) is 29.3 Å². The summed E-state index contributed by atoms with van der Waals surface area (Å²) in [6.45, 7) is 0.694. The molecule has 33 heavy (non-hydrogen) atoms. The number of benzene rings is 1. The molecule has 1 N–H and O–H groups in total. The van der Waals surface area contributed by atoms with Gasteiger partial charge in [0.05, 0.1) is 32.6 Å². The van der Waals surface area contributed by atoms with E-state index in [1.807, 2.05) is 11.8 Å². The second-order valence-corrected chi connectivity index (χ2v) is 7.16. The fourth-order valence-electron chi connectivity index (χ4n) is 3.34. The van der Waals surface area contributed by atoms with Gasteiger partial charge in [0, 0.05) is 12.1 Å². The number of ether oxygens (including phenoxy) is 3. The number of halogens is 3. The summed E-state index contributed by atoms with van der Waals surface area (Å²) in [6, 6.07) is 7.58. The van der Waals surface area contributed by atoms with E-state index in [0.717, 1.165) is 6.20 Å². The first-order chi connectivity index (χ1) is 15.9. The van der Waals surface area contributed by atoms with Gasteiger partial charge >= 0.3 is 6.61 Å². The first kappa shape index (κ1) is 22.5. The average molecular weight is 462 g/mol. The maximum atomic E-state index is 14.5. The summed E-state index contributed by atoms with van der Waals surface area (Å²) in [7, 11) is 1.43. The third kappa shape index (κ3) is 5.22. The molecular formula is C21H21F3N6O3. The minimum atomic E-state index is -2.92. The normalized spacial score (nSPS) is 16.1. The SMILES string of the molecule is COc1nnc(Nc2nc(N3CCOCC3C)ncc2F)cc1-c1ccc(OC(F)F)cc1. The average Bonchev–Trinajstić information content (AvgIpc) is 2.81. The molecule has 1 aliphatic rings. The van der Waals surface area contributed by atoms with E-state index in [9.17, 15) is 13.2 Å². The van der Waals surface area contributed by atoms with Crippen molar-refractivity contribution in [2.75, 3.05) is 37.1 Å². The molecule has 4 rings (SSSR count). The van der Waals surface area contributed by atoms with Gasteiger partial charge in [0.15, 0.2) is 17.5 Å². The highest BCUT2D eigenvalue weighted by Crippen LogP contribution is 2.32. The van der Waals surface area contributed by atoms with E-state index < -0.39 is 12.4 Å². The zero-order valence-corrected chi connectivity index (χ0v) is 17.8. The third-order valence-corrected chi connectivity index (χ3v) is 4.95. The van der Waals surface area contributed by atoms with Crippen LogP contribution in [0.15, 0.2) is 36.5 Å². The Hall–Kier alpha value is -3.67. The molecule has 3 heterocycles. The fourth-order valence-corrected chi connectivity index (χ4v) is 3.34. The largest absolute Gasteiger partial charge is 0.479 e. The van der Waals surface area contributed by atoms with Crippen LogP contribution in [0.4, 0.5) is 30.8 Å². The van der Waals surface area contributed by atoms with Crippen LogP contribution in [0.5, 0.6) is 11.6 Å². The zero-order chi connectivity index (χ0) is 23.4. The number of nitrogens with one attached hydrogen (secondary N) is 1. The van der Waals surface area contributed by atoms with Crippen LogP contribution in [0.3, 0.4) is 0 Å². The van der Waals surface area contributed by atoms with Crippen molar-refractivity contribution in [2.24, 2.45) is 0 Å². The van der Waals surface area contributed by atoms with Crippen molar-refractivity contribution >= 4 is 17.6 Å². The van der Waals surface area contributed by atoms with Gasteiger partial charge in [-0.2, -0.15) is 13.8 Å². The number of alkyl halides is 2. The van der Waals surface area contributed by atoms with Crippen molar-refractivity contribution in [3.05, 3.63) is 42.3 Å². The Bertz CT molecular complexity index is 1100. The summed E-state index contributed by atoms with van der Waals surface area (Å²) in [5.74, 6) is 0.0653. The minimum Gasteiger partial charge on any atom is -0.479 e. The second kappa shape index (κ2) is 9.86. The van der Waals surface area contributed by atoms with Gasteiger partial charge in [0.25, 0.3) is 0 Å². The van der Waals surface area contributed by atoms with Crippen molar-refractivity contribution in [2.45, 2.75) is 19.6 Å². The highest BCUT2D eigenvalue weighted by atomic mass is 19.3. The lowest BCUT2D eigenvalue weighted by molar-refractivity contribution is -0.0498. The maximum Gasteiger partial charge on any atom is 0.387 e. The lowest BCUT2D eigenvalue weighted by atomic mass is 10.1. The van der Waals surface area contributed by atoms with Crippen LogP contribution in [0.2, 0.25) is 0 Å². The zero-order valence-electron chi connectivity index (χ0n) is 17.8. The number of hydrogen-bond acceptors (Lipinski definition) is 9. The summed E-state index contributed by atoms with van der Waals surface area (Å²) in [5.41, 5.74) is 1.12. The molecule has 0 bridgehead atoms. The first-order valence-corrected chi connectivity index (χ1v) is 10.1. The second-order valence-electron chi connectivity index (χ2n) is 7.16. The van der Waals surface area contributed by atoms with Crippen molar-refractivity contribution in [1.82, 2.24) is 20.2 Å². The predicted octanol–water partition coefficient (Wildman–Crippen LogP) is 3.65. The third-order valence-electron chi connectivity index (χ3n) is 4.95. The molecular weight excluding hydrogens is 441 g/mol.